The van der Waals surface area contributed by atoms with Crippen molar-refractivity contribution in [1.29, 1.82) is 0 Å². The van der Waals surface area contributed by atoms with Gasteiger partial charge in [-0.05, 0) is 49.2 Å². The molecule has 1 heterocycles. The predicted molar refractivity (Wildman–Crippen MR) is 122 cm³/mol. The standard InChI is InChI=1S/C21H24FN5.HI/c1-15-9-10-17(13-20(15)22)16(2)25-21(23-3)24-14-18-11-12-27(26-18)19-7-5-4-6-8-19;/h4-13,16H,14H2,1-3H3,(H2,23,24,25);1H. The van der Waals surface area contributed by atoms with Gasteiger partial charge in [-0.1, -0.05) is 30.3 Å². The number of hydrogen-bond acceptors (Lipinski definition) is 2. The SMILES string of the molecule is CN=C(NCc1ccn(-c2ccccc2)n1)NC(C)c1ccc(C)c(F)c1.I. The van der Waals surface area contributed by atoms with Crippen LogP contribution in [0.3, 0.4) is 0 Å². The van der Waals surface area contributed by atoms with E-state index in [1.165, 1.54) is 0 Å². The first-order chi connectivity index (χ1) is 13.1. The molecule has 28 heavy (non-hydrogen) atoms. The zero-order valence-corrected chi connectivity index (χ0v) is 18.5. The van der Waals surface area contributed by atoms with E-state index in [0.29, 0.717) is 18.1 Å². The van der Waals surface area contributed by atoms with Crippen molar-refractivity contribution in [3.63, 3.8) is 0 Å². The molecule has 0 aliphatic heterocycles. The fourth-order valence-corrected chi connectivity index (χ4v) is 2.72. The summed E-state index contributed by atoms with van der Waals surface area (Å²) in [5.74, 6) is 0.438. The van der Waals surface area contributed by atoms with Gasteiger partial charge >= 0.3 is 0 Å². The van der Waals surface area contributed by atoms with Crippen LogP contribution in [-0.2, 0) is 6.54 Å². The number of nitrogens with zero attached hydrogens (tertiary/aromatic N) is 3. The molecule has 148 valence electrons. The molecule has 2 aromatic carbocycles. The second kappa shape index (κ2) is 10.2. The largest absolute Gasteiger partial charge is 0.351 e. The number of para-hydroxylation sites is 1. The Morgan fingerprint density at radius 3 is 2.61 bits per heavy atom. The lowest BCUT2D eigenvalue weighted by atomic mass is 10.1. The third kappa shape index (κ3) is 5.54. The quantitative estimate of drug-likeness (QED) is 0.316. The molecule has 2 N–H and O–H groups in total. The van der Waals surface area contributed by atoms with Crippen LogP contribution in [0, 0.1) is 12.7 Å². The topological polar surface area (TPSA) is 54.2 Å². The summed E-state index contributed by atoms with van der Waals surface area (Å²) in [6.45, 7) is 4.27. The van der Waals surface area contributed by atoms with E-state index in [-0.39, 0.29) is 35.8 Å². The van der Waals surface area contributed by atoms with Crippen molar-refractivity contribution in [2.24, 2.45) is 4.99 Å². The van der Waals surface area contributed by atoms with E-state index in [1.54, 1.807) is 26.1 Å². The van der Waals surface area contributed by atoms with Gasteiger partial charge in [-0.3, -0.25) is 4.99 Å². The predicted octanol–water partition coefficient (Wildman–Crippen LogP) is 4.36. The Morgan fingerprint density at radius 1 is 1.18 bits per heavy atom. The van der Waals surface area contributed by atoms with Crippen LogP contribution in [0.15, 0.2) is 65.8 Å². The van der Waals surface area contributed by atoms with E-state index in [0.717, 1.165) is 16.9 Å². The van der Waals surface area contributed by atoms with Crippen LogP contribution >= 0.6 is 24.0 Å². The molecule has 1 unspecified atom stereocenters. The van der Waals surface area contributed by atoms with Gasteiger partial charge in [0.2, 0.25) is 0 Å². The molecular formula is C21H25FIN5. The molecular weight excluding hydrogens is 468 g/mol. The van der Waals surface area contributed by atoms with Crippen molar-refractivity contribution < 1.29 is 4.39 Å². The van der Waals surface area contributed by atoms with E-state index in [4.69, 9.17) is 0 Å². The van der Waals surface area contributed by atoms with Gasteiger partial charge < -0.3 is 10.6 Å². The molecule has 0 aliphatic rings. The molecule has 0 saturated carbocycles. The average molecular weight is 493 g/mol. The second-order valence-electron chi connectivity index (χ2n) is 6.39. The lowest BCUT2D eigenvalue weighted by Crippen LogP contribution is -2.38. The molecule has 0 saturated heterocycles. The Labute approximate surface area is 182 Å². The summed E-state index contributed by atoms with van der Waals surface area (Å²) in [5.41, 5.74) is 3.42. The molecule has 0 fully saturated rings. The van der Waals surface area contributed by atoms with Gasteiger partial charge in [0.1, 0.15) is 5.82 Å². The molecule has 1 atom stereocenters. The van der Waals surface area contributed by atoms with Gasteiger partial charge in [-0.2, -0.15) is 5.10 Å². The van der Waals surface area contributed by atoms with Gasteiger partial charge in [-0.15, -0.1) is 24.0 Å². The monoisotopic (exact) mass is 493 g/mol. The Hall–Kier alpha value is -2.42. The molecule has 3 rings (SSSR count). The highest BCUT2D eigenvalue weighted by Crippen LogP contribution is 2.16. The molecule has 3 aromatic rings. The van der Waals surface area contributed by atoms with Crippen molar-refractivity contribution in [3.8, 4) is 5.69 Å². The number of aromatic nitrogens is 2. The van der Waals surface area contributed by atoms with Crippen molar-refractivity contribution in [1.82, 2.24) is 20.4 Å². The summed E-state index contributed by atoms with van der Waals surface area (Å²) in [5, 5.41) is 11.1. The van der Waals surface area contributed by atoms with Gasteiger partial charge in [0.25, 0.3) is 0 Å². The normalized spacial score (nSPS) is 12.2. The maximum atomic E-state index is 13.8. The summed E-state index contributed by atoms with van der Waals surface area (Å²) in [4.78, 5) is 4.24. The van der Waals surface area contributed by atoms with Crippen molar-refractivity contribution >= 4 is 29.9 Å². The summed E-state index contributed by atoms with van der Waals surface area (Å²) in [6.07, 6.45) is 1.93. The molecule has 7 heteroatoms. The number of hydrogen-bond donors (Lipinski definition) is 2. The molecule has 0 bridgehead atoms. The van der Waals surface area contributed by atoms with Crippen LogP contribution in [0.5, 0.6) is 0 Å². The van der Waals surface area contributed by atoms with E-state index in [2.05, 4.69) is 20.7 Å². The molecule has 1 aromatic heterocycles. The van der Waals surface area contributed by atoms with E-state index < -0.39 is 0 Å². The molecule has 0 aliphatic carbocycles. The number of nitrogens with one attached hydrogen (secondary N) is 2. The highest BCUT2D eigenvalue weighted by Gasteiger charge is 2.10. The first-order valence-corrected chi connectivity index (χ1v) is 8.90. The average Bonchev–Trinajstić information content (AvgIpc) is 3.17. The summed E-state index contributed by atoms with van der Waals surface area (Å²) < 4.78 is 15.6. The van der Waals surface area contributed by atoms with Crippen molar-refractivity contribution in [3.05, 3.63) is 83.4 Å². The Morgan fingerprint density at radius 2 is 1.93 bits per heavy atom. The molecule has 5 nitrogen and oxygen atoms in total. The lowest BCUT2D eigenvalue weighted by Gasteiger charge is -2.18. The van der Waals surface area contributed by atoms with E-state index >= 15 is 0 Å². The minimum atomic E-state index is -0.199. The van der Waals surface area contributed by atoms with Crippen LogP contribution in [0.25, 0.3) is 5.69 Å². The van der Waals surface area contributed by atoms with Crippen LogP contribution in [0.2, 0.25) is 0 Å². The number of guanidine groups is 1. The summed E-state index contributed by atoms with van der Waals surface area (Å²) in [7, 11) is 1.71. The summed E-state index contributed by atoms with van der Waals surface area (Å²) in [6, 6.07) is 17.1. The highest BCUT2D eigenvalue weighted by molar-refractivity contribution is 14.0. The fraction of sp³-hybridized carbons (Fsp3) is 0.238. The minimum absolute atomic E-state index is 0. The second-order valence-corrected chi connectivity index (χ2v) is 6.39. The zero-order chi connectivity index (χ0) is 19.2. The zero-order valence-electron chi connectivity index (χ0n) is 16.2. The smallest absolute Gasteiger partial charge is 0.191 e. The van der Waals surface area contributed by atoms with Crippen LogP contribution in [-0.4, -0.2) is 22.8 Å². The lowest BCUT2D eigenvalue weighted by molar-refractivity contribution is 0.607. The third-order valence-corrected chi connectivity index (χ3v) is 4.37. The first kappa shape index (κ1) is 21.9. The first-order valence-electron chi connectivity index (χ1n) is 8.90. The molecule has 0 amide bonds. The third-order valence-electron chi connectivity index (χ3n) is 4.37. The van der Waals surface area contributed by atoms with Gasteiger partial charge in [0.15, 0.2) is 5.96 Å². The van der Waals surface area contributed by atoms with Crippen molar-refractivity contribution in [2.45, 2.75) is 26.4 Å². The number of aliphatic imine (C=N–C) groups is 1. The number of halogens is 2. The summed E-state index contributed by atoms with van der Waals surface area (Å²) >= 11 is 0. The van der Waals surface area contributed by atoms with E-state index in [9.17, 15) is 4.39 Å². The van der Waals surface area contributed by atoms with Crippen LogP contribution < -0.4 is 10.6 Å². The van der Waals surface area contributed by atoms with Gasteiger partial charge in [-0.25, -0.2) is 9.07 Å². The minimum Gasteiger partial charge on any atom is -0.351 e. The molecule has 0 spiro atoms. The number of aryl methyl sites for hydroxylation is 1. The highest BCUT2D eigenvalue weighted by atomic mass is 127. The molecule has 0 radical (unpaired) electrons. The van der Waals surface area contributed by atoms with Crippen LogP contribution in [0.1, 0.15) is 29.8 Å². The van der Waals surface area contributed by atoms with Gasteiger partial charge in [0.05, 0.1) is 24.0 Å². The fourth-order valence-electron chi connectivity index (χ4n) is 2.72. The maximum Gasteiger partial charge on any atom is 0.191 e. The van der Waals surface area contributed by atoms with Crippen molar-refractivity contribution in [2.75, 3.05) is 7.05 Å². The van der Waals surface area contributed by atoms with Gasteiger partial charge in [0, 0.05) is 13.2 Å². The Kier molecular flexibility index (Phi) is 7.98. The number of rotatable bonds is 5. The Bertz CT molecular complexity index is 924. The number of benzene rings is 2. The Balaban J connectivity index is 0.00000280. The van der Waals surface area contributed by atoms with E-state index in [1.807, 2.05) is 60.3 Å². The van der Waals surface area contributed by atoms with Crippen LogP contribution in [0.4, 0.5) is 4.39 Å². The maximum absolute atomic E-state index is 13.8.